The Morgan fingerprint density at radius 1 is 0.500 bits per heavy atom. The summed E-state index contributed by atoms with van der Waals surface area (Å²) in [6.07, 6.45) is 26.6. The van der Waals surface area contributed by atoms with E-state index in [4.69, 9.17) is 9.47 Å². The van der Waals surface area contributed by atoms with Crippen molar-refractivity contribution in [3.05, 3.63) is 83.0 Å². The average Bonchev–Trinajstić information content (AvgIpc) is 2.31. The average molecular weight is 1090 g/mol. The summed E-state index contributed by atoms with van der Waals surface area (Å²) >= 11 is 0. The Morgan fingerprint density at radius 2 is 0.912 bits per heavy atom. The van der Waals surface area contributed by atoms with Crippen LogP contribution in [0.25, 0.3) is 12.2 Å². The van der Waals surface area contributed by atoms with Crippen molar-refractivity contribution in [2.75, 3.05) is 0 Å². The molecule has 10 aliphatic carbocycles. The zero-order valence-electron chi connectivity index (χ0n) is 52.0. The van der Waals surface area contributed by atoms with Gasteiger partial charge in [0.2, 0.25) is 0 Å². The number of hydrogen-bond donors (Lipinski definition) is 2. The van der Waals surface area contributed by atoms with E-state index in [9.17, 15) is 10.2 Å². The number of carbonyl (C=O) groups excluding carboxylic acids is 2. The molecule has 6 heteroatoms. The van der Waals surface area contributed by atoms with Crippen molar-refractivity contribution in [1.82, 2.24) is 0 Å². The third-order valence-corrected chi connectivity index (χ3v) is 29.3. The minimum atomic E-state index is -0.661. The van der Waals surface area contributed by atoms with E-state index in [2.05, 4.69) is 127 Å². The van der Waals surface area contributed by atoms with E-state index >= 15 is 9.59 Å². The Morgan fingerprint density at radius 3 is 1.34 bits per heavy atom. The lowest BCUT2D eigenvalue weighted by Gasteiger charge is -2.71. The van der Waals surface area contributed by atoms with Gasteiger partial charge in [0.1, 0.15) is 11.5 Å². The molecular weight excluding hydrogens is 985 g/mol. The highest BCUT2D eigenvalue weighted by Crippen LogP contribution is 2.78. The summed E-state index contributed by atoms with van der Waals surface area (Å²) in [6, 6.07) is 16.9. The van der Waals surface area contributed by atoms with Gasteiger partial charge in [0, 0.05) is 6.07 Å². The first kappa shape index (κ1) is 57.0. The number of fused-ring (bicyclic) bond motifs is 14. The summed E-state index contributed by atoms with van der Waals surface area (Å²) in [5, 5.41) is 22.7. The summed E-state index contributed by atoms with van der Waals surface area (Å²) < 4.78 is 13.9. The normalized spacial score (nSPS) is 47.9. The lowest BCUT2D eigenvalue weighted by Crippen LogP contribution is -2.65. The molecule has 2 aromatic carbocycles. The van der Waals surface area contributed by atoms with Gasteiger partial charge in [0.05, 0.1) is 23.0 Å². The molecule has 6 nitrogen and oxygen atoms in total. The van der Waals surface area contributed by atoms with Gasteiger partial charge in [0.25, 0.3) is 0 Å². The Kier molecular flexibility index (Phi) is 13.5. The number of ether oxygens (including phenoxy) is 2. The molecule has 2 aromatic rings. The van der Waals surface area contributed by atoms with Gasteiger partial charge in [0.15, 0.2) is 0 Å². The number of rotatable bonds is 6. The van der Waals surface area contributed by atoms with Crippen molar-refractivity contribution < 1.29 is 29.3 Å². The van der Waals surface area contributed by atoms with E-state index in [0.717, 1.165) is 127 Å². The number of hydrogen-bond acceptors (Lipinski definition) is 6. The van der Waals surface area contributed by atoms with Crippen LogP contribution in [0, 0.1) is 119 Å². The van der Waals surface area contributed by atoms with Crippen LogP contribution in [0.2, 0.25) is 0 Å². The van der Waals surface area contributed by atoms with Gasteiger partial charge in [-0.15, -0.1) is 0 Å². The van der Waals surface area contributed by atoms with Gasteiger partial charge in [-0.1, -0.05) is 157 Å². The van der Waals surface area contributed by atoms with Crippen LogP contribution in [0.3, 0.4) is 0 Å². The zero-order chi connectivity index (χ0) is 57.2. The second-order valence-electron chi connectivity index (χ2n) is 32.5. The first-order chi connectivity index (χ1) is 37.6. The van der Waals surface area contributed by atoms with Gasteiger partial charge in [-0.2, -0.15) is 0 Å². The van der Waals surface area contributed by atoms with Crippen LogP contribution in [0.5, 0.6) is 11.5 Å². The fourth-order valence-electron chi connectivity index (χ4n) is 23.6. The Balaban J connectivity index is 0.871. The number of esters is 2. The third kappa shape index (κ3) is 7.78. The molecule has 10 aliphatic rings. The van der Waals surface area contributed by atoms with E-state index in [0.29, 0.717) is 58.8 Å². The molecule has 0 aliphatic heterocycles. The molecule has 0 heterocycles. The first-order valence-electron chi connectivity index (χ1n) is 32.6. The van der Waals surface area contributed by atoms with Gasteiger partial charge < -0.3 is 19.7 Å². The van der Waals surface area contributed by atoms with Gasteiger partial charge in [-0.05, 0) is 247 Å². The van der Waals surface area contributed by atoms with Gasteiger partial charge in [-0.25, -0.2) is 0 Å². The zero-order valence-corrected chi connectivity index (χ0v) is 52.0. The molecular formula is C74H103O6. The summed E-state index contributed by atoms with van der Waals surface area (Å²) in [4.78, 5) is 31.6. The quantitative estimate of drug-likeness (QED) is 0.130. The molecule has 0 bridgehead atoms. The highest BCUT2D eigenvalue weighted by molar-refractivity contribution is 5.83. The van der Waals surface area contributed by atoms with Crippen molar-refractivity contribution in [3.8, 4) is 11.5 Å². The SMILES string of the molecule is C[C@@H]1CC[C@]2(C(=O)Oc3cc(/C=C/c4cc[c]cc4)cc(OC(=O)[C@]45CC[C@@H](C)[C@H](C)C4C4=CCC6[C@@]7(C)CC[C@H](O)C(C)(C)C7CC[C@@]6(C)[C@]4(C)CC5)c3)CC[C@]3(C)C(=CCC4[C@@]5(C)CC[C@H](O)C(C)(C)C5CC[C@]43C)C2[C@H]1C. The Hall–Kier alpha value is -3.48. The van der Waals surface area contributed by atoms with Crippen LogP contribution >= 0.6 is 0 Å². The largest absolute Gasteiger partial charge is 0.426 e. The van der Waals surface area contributed by atoms with Crippen molar-refractivity contribution in [3.63, 3.8) is 0 Å². The predicted molar refractivity (Wildman–Crippen MR) is 322 cm³/mol. The molecule has 0 spiro atoms. The topological polar surface area (TPSA) is 93.1 Å². The lowest BCUT2D eigenvalue weighted by atomic mass is 9.33. The summed E-state index contributed by atoms with van der Waals surface area (Å²) in [7, 11) is 0. The van der Waals surface area contributed by atoms with Gasteiger partial charge >= 0.3 is 11.9 Å². The molecule has 6 unspecified atom stereocenters. The second kappa shape index (κ2) is 19.0. The predicted octanol–water partition coefficient (Wildman–Crippen LogP) is 17.5. The van der Waals surface area contributed by atoms with Crippen LogP contribution in [0.1, 0.15) is 224 Å². The molecule has 0 saturated heterocycles. The molecule has 435 valence electrons. The molecule has 12 rings (SSSR count). The maximum Gasteiger partial charge on any atom is 0.318 e. The minimum Gasteiger partial charge on any atom is -0.426 e. The van der Waals surface area contributed by atoms with E-state index in [1.165, 1.54) is 11.1 Å². The van der Waals surface area contributed by atoms with E-state index < -0.39 is 10.8 Å². The molecule has 20 atom stereocenters. The summed E-state index contributed by atoms with van der Waals surface area (Å²) in [5.41, 5.74) is 3.74. The van der Waals surface area contributed by atoms with Crippen LogP contribution in [-0.2, 0) is 9.59 Å². The molecule has 8 saturated carbocycles. The summed E-state index contributed by atoms with van der Waals surface area (Å²) in [6.45, 7) is 34.6. The smallest absolute Gasteiger partial charge is 0.318 e. The third-order valence-electron chi connectivity index (χ3n) is 29.3. The van der Waals surface area contributed by atoms with Gasteiger partial charge in [-0.3, -0.25) is 9.59 Å². The number of carbonyl (C=O) groups is 2. The second-order valence-corrected chi connectivity index (χ2v) is 32.5. The van der Waals surface area contributed by atoms with Crippen LogP contribution in [0.15, 0.2) is 65.8 Å². The maximum atomic E-state index is 15.8. The highest BCUT2D eigenvalue weighted by Gasteiger charge is 2.72. The minimum absolute atomic E-state index is 0.0464. The number of benzene rings is 2. The number of aliphatic hydroxyl groups excluding tert-OH is 2. The lowest BCUT2D eigenvalue weighted by molar-refractivity contribution is -0.206. The van der Waals surface area contributed by atoms with E-state index in [-0.39, 0.29) is 79.3 Å². The highest BCUT2D eigenvalue weighted by atomic mass is 16.5. The first-order valence-corrected chi connectivity index (χ1v) is 32.6. The van der Waals surface area contributed by atoms with E-state index in [1.54, 1.807) is 0 Å². The van der Waals surface area contributed by atoms with Crippen molar-refractivity contribution >= 4 is 24.1 Å². The standard InChI is InChI=1S/C74H103O6/c1-45-26-36-73(40-38-69(11)53(61(73)47(45)3)22-24-57-67(9)32-30-59(75)65(5,6)55(67)28-34-71(57,69)13)63(77)79-51-42-50(21-20-49-18-16-15-17-19-49)43-52(44-51)80-64(78)74-37-27-46(2)48(4)62(74)54-23-25-58-68(10)33-31-60(76)66(7,8)56(68)29-35-72(58,14)70(54,12)39-41-74/h16-23,42-48,55-62,75-76H,24-41H2,1-14H3/b21-20+/t45-,46-,47+,48+,55?,56?,57?,58?,59+,60+,61?,62?,67+,68+,69-,70-,71-,72-,73+,74+/m1/s1. The Bertz CT molecular complexity index is 2710. The monoisotopic (exact) mass is 1090 g/mol. The molecule has 0 aromatic heterocycles. The summed E-state index contributed by atoms with van der Waals surface area (Å²) in [5.74, 6) is 4.41. The fourth-order valence-corrected chi connectivity index (χ4v) is 23.6. The molecule has 8 fully saturated rings. The molecule has 0 amide bonds. The maximum absolute atomic E-state index is 15.8. The van der Waals surface area contributed by atoms with Crippen LogP contribution in [0.4, 0.5) is 0 Å². The van der Waals surface area contributed by atoms with Crippen molar-refractivity contribution in [1.29, 1.82) is 0 Å². The van der Waals surface area contributed by atoms with E-state index in [1.807, 2.05) is 42.5 Å². The van der Waals surface area contributed by atoms with Crippen molar-refractivity contribution in [2.24, 2.45) is 113 Å². The number of allylic oxidation sites excluding steroid dienone is 4. The van der Waals surface area contributed by atoms with Crippen molar-refractivity contribution in [2.45, 2.75) is 225 Å². The fraction of sp³-hybridized carbons (Fsp3) is 0.730. The van der Waals surface area contributed by atoms with Crippen LogP contribution < -0.4 is 9.47 Å². The molecule has 80 heavy (non-hydrogen) atoms. The molecule has 1 radical (unpaired) electrons. The number of aliphatic hydroxyl groups is 2. The molecule has 2 N–H and O–H groups in total. The van der Waals surface area contributed by atoms with Crippen LogP contribution in [-0.4, -0.2) is 34.4 Å². The Labute approximate surface area is 483 Å².